The van der Waals surface area contributed by atoms with Crippen LogP contribution in [0.5, 0.6) is 5.75 Å². The Morgan fingerprint density at radius 3 is 2.26 bits per heavy atom. The Labute approximate surface area is 202 Å². The van der Waals surface area contributed by atoms with E-state index in [1.54, 1.807) is 49.6 Å². The first-order valence-electron chi connectivity index (χ1n) is 11.2. The van der Waals surface area contributed by atoms with E-state index in [0.717, 1.165) is 21.7 Å². The van der Waals surface area contributed by atoms with Gasteiger partial charge in [0.1, 0.15) is 18.3 Å². The van der Waals surface area contributed by atoms with E-state index in [9.17, 15) is 18.0 Å². The van der Waals surface area contributed by atoms with E-state index in [2.05, 4.69) is 5.32 Å². The van der Waals surface area contributed by atoms with Gasteiger partial charge in [-0.1, -0.05) is 36.8 Å². The number of aryl methyl sites for hydroxylation is 1. The van der Waals surface area contributed by atoms with Gasteiger partial charge in [-0.25, -0.2) is 8.42 Å². The Hall–Kier alpha value is -3.07. The minimum Gasteiger partial charge on any atom is -0.497 e. The van der Waals surface area contributed by atoms with E-state index in [4.69, 9.17) is 4.74 Å². The second-order valence-electron chi connectivity index (χ2n) is 8.57. The molecular weight excluding hydrogens is 454 g/mol. The lowest BCUT2D eigenvalue weighted by Gasteiger charge is -2.33. The summed E-state index contributed by atoms with van der Waals surface area (Å²) in [4.78, 5) is 28.0. The standard InChI is InChI=1S/C25H35N3O5S/c1-7-23(25(30)26-18(2)3)27(16-20-9-8-10-22(15-20)33-5)24(29)17-28(34(6,31)32)21-13-11-19(4)12-14-21/h8-15,18,23H,7,16-17H2,1-6H3,(H,26,30)/t23-/m1/s1. The number of amides is 2. The monoisotopic (exact) mass is 489 g/mol. The molecule has 9 heteroatoms. The maximum atomic E-state index is 13.6. The summed E-state index contributed by atoms with van der Waals surface area (Å²) in [7, 11) is -2.20. The van der Waals surface area contributed by atoms with Crippen LogP contribution in [0, 0.1) is 6.92 Å². The number of nitrogens with zero attached hydrogens (tertiary/aromatic N) is 2. The van der Waals surface area contributed by atoms with Gasteiger partial charge >= 0.3 is 0 Å². The van der Waals surface area contributed by atoms with Gasteiger partial charge in [-0.3, -0.25) is 13.9 Å². The topological polar surface area (TPSA) is 96.0 Å². The van der Waals surface area contributed by atoms with Crippen molar-refractivity contribution >= 4 is 27.5 Å². The molecule has 0 aromatic heterocycles. The molecule has 0 aliphatic carbocycles. The Morgan fingerprint density at radius 2 is 1.74 bits per heavy atom. The van der Waals surface area contributed by atoms with Crippen molar-refractivity contribution < 1.29 is 22.7 Å². The van der Waals surface area contributed by atoms with Crippen LogP contribution in [0.15, 0.2) is 48.5 Å². The molecule has 1 atom stereocenters. The van der Waals surface area contributed by atoms with E-state index in [-0.39, 0.29) is 18.5 Å². The zero-order chi connectivity index (χ0) is 25.5. The van der Waals surface area contributed by atoms with Crippen LogP contribution in [0.2, 0.25) is 0 Å². The van der Waals surface area contributed by atoms with Crippen molar-refractivity contribution in [3.8, 4) is 5.75 Å². The Bertz CT molecular complexity index is 1080. The molecule has 1 N–H and O–H groups in total. The quantitative estimate of drug-likeness (QED) is 0.523. The molecule has 0 aliphatic rings. The number of hydrogen-bond acceptors (Lipinski definition) is 5. The van der Waals surface area contributed by atoms with Gasteiger partial charge in [-0.2, -0.15) is 0 Å². The lowest BCUT2D eigenvalue weighted by molar-refractivity contribution is -0.140. The van der Waals surface area contributed by atoms with E-state index in [0.29, 0.717) is 17.9 Å². The largest absolute Gasteiger partial charge is 0.497 e. The number of ether oxygens (including phenoxy) is 1. The van der Waals surface area contributed by atoms with Gasteiger partial charge < -0.3 is 15.0 Å². The van der Waals surface area contributed by atoms with Crippen molar-refractivity contribution in [2.75, 3.05) is 24.2 Å². The third kappa shape index (κ3) is 7.48. The second-order valence-corrected chi connectivity index (χ2v) is 10.5. The van der Waals surface area contributed by atoms with Crippen LogP contribution >= 0.6 is 0 Å². The summed E-state index contributed by atoms with van der Waals surface area (Å²) in [5.74, 6) is -0.128. The van der Waals surface area contributed by atoms with Crippen molar-refractivity contribution in [1.82, 2.24) is 10.2 Å². The van der Waals surface area contributed by atoms with Crippen LogP contribution in [-0.4, -0.2) is 57.1 Å². The van der Waals surface area contributed by atoms with Crippen LogP contribution in [0.1, 0.15) is 38.3 Å². The highest BCUT2D eigenvalue weighted by Gasteiger charge is 2.32. The fraction of sp³-hybridized carbons (Fsp3) is 0.440. The molecule has 0 fully saturated rings. The van der Waals surface area contributed by atoms with Crippen molar-refractivity contribution in [2.24, 2.45) is 0 Å². The van der Waals surface area contributed by atoms with Gasteiger partial charge in [0.2, 0.25) is 21.8 Å². The number of carbonyl (C=O) groups excluding carboxylic acids is 2. The maximum absolute atomic E-state index is 13.6. The number of methoxy groups -OCH3 is 1. The number of carbonyl (C=O) groups is 2. The third-order valence-electron chi connectivity index (χ3n) is 5.31. The first-order chi connectivity index (χ1) is 16.0. The molecule has 2 amide bonds. The summed E-state index contributed by atoms with van der Waals surface area (Å²) in [6.45, 7) is 7.13. The molecule has 34 heavy (non-hydrogen) atoms. The summed E-state index contributed by atoms with van der Waals surface area (Å²) in [6.07, 6.45) is 1.44. The van der Waals surface area contributed by atoms with Gasteiger partial charge in [0.15, 0.2) is 0 Å². The van der Waals surface area contributed by atoms with Gasteiger partial charge in [0.05, 0.1) is 19.1 Å². The lowest BCUT2D eigenvalue weighted by atomic mass is 10.1. The molecular formula is C25H35N3O5S. The molecule has 2 aromatic carbocycles. The number of anilines is 1. The molecule has 186 valence electrons. The van der Waals surface area contributed by atoms with Gasteiger partial charge in [0, 0.05) is 12.6 Å². The van der Waals surface area contributed by atoms with Crippen LogP contribution in [0.4, 0.5) is 5.69 Å². The molecule has 0 saturated heterocycles. The minimum atomic E-state index is -3.75. The van der Waals surface area contributed by atoms with Gasteiger partial charge in [-0.15, -0.1) is 0 Å². The smallest absolute Gasteiger partial charge is 0.244 e. The number of sulfonamides is 1. The fourth-order valence-corrected chi connectivity index (χ4v) is 4.44. The molecule has 0 saturated carbocycles. The van der Waals surface area contributed by atoms with Crippen molar-refractivity contribution in [3.05, 3.63) is 59.7 Å². The zero-order valence-corrected chi connectivity index (χ0v) is 21.6. The zero-order valence-electron chi connectivity index (χ0n) is 20.7. The summed E-state index contributed by atoms with van der Waals surface area (Å²) in [5, 5.41) is 2.87. The summed E-state index contributed by atoms with van der Waals surface area (Å²) in [6, 6.07) is 13.3. The first kappa shape index (κ1) is 27.2. The first-order valence-corrected chi connectivity index (χ1v) is 13.1. The second kappa shape index (κ2) is 11.9. The number of benzene rings is 2. The van der Waals surface area contributed by atoms with Crippen LogP contribution in [-0.2, 0) is 26.2 Å². The normalized spacial score (nSPS) is 12.2. The Kier molecular flexibility index (Phi) is 9.49. The molecule has 8 nitrogen and oxygen atoms in total. The highest BCUT2D eigenvalue weighted by atomic mass is 32.2. The third-order valence-corrected chi connectivity index (χ3v) is 6.45. The van der Waals surface area contributed by atoms with Crippen molar-refractivity contribution in [2.45, 2.75) is 52.7 Å². The Balaban J connectivity index is 2.44. The SMILES string of the molecule is CC[C@H](C(=O)NC(C)C)N(Cc1cccc(OC)c1)C(=O)CN(c1ccc(C)cc1)S(C)(=O)=O. The number of nitrogens with one attached hydrogen (secondary N) is 1. The lowest BCUT2D eigenvalue weighted by Crippen LogP contribution is -2.53. The van der Waals surface area contributed by atoms with E-state index < -0.39 is 28.5 Å². The number of hydrogen-bond donors (Lipinski definition) is 1. The van der Waals surface area contributed by atoms with Crippen molar-refractivity contribution in [3.63, 3.8) is 0 Å². The minimum absolute atomic E-state index is 0.101. The van der Waals surface area contributed by atoms with Crippen LogP contribution in [0.25, 0.3) is 0 Å². The predicted molar refractivity (Wildman–Crippen MR) is 134 cm³/mol. The molecule has 0 aliphatic heterocycles. The molecule has 2 rings (SSSR count). The van der Waals surface area contributed by atoms with Gasteiger partial charge in [0.25, 0.3) is 0 Å². The average molecular weight is 490 g/mol. The fourth-order valence-electron chi connectivity index (χ4n) is 3.59. The Morgan fingerprint density at radius 1 is 1.09 bits per heavy atom. The van der Waals surface area contributed by atoms with E-state index in [1.165, 1.54) is 4.90 Å². The highest BCUT2D eigenvalue weighted by molar-refractivity contribution is 7.92. The maximum Gasteiger partial charge on any atom is 0.244 e. The molecule has 0 spiro atoms. The van der Waals surface area contributed by atoms with Crippen molar-refractivity contribution in [1.29, 1.82) is 0 Å². The van der Waals surface area contributed by atoms with Crippen LogP contribution in [0.3, 0.4) is 0 Å². The molecule has 0 unspecified atom stereocenters. The molecule has 0 bridgehead atoms. The molecule has 0 heterocycles. The van der Waals surface area contributed by atoms with E-state index >= 15 is 0 Å². The number of rotatable bonds is 11. The van der Waals surface area contributed by atoms with E-state index in [1.807, 2.05) is 33.8 Å². The van der Waals surface area contributed by atoms with Crippen LogP contribution < -0.4 is 14.4 Å². The summed E-state index contributed by atoms with van der Waals surface area (Å²) < 4.78 is 31.5. The predicted octanol–water partition coefficient (Wildman–Crippen LogP) is 3.10. The average Bonchev–Trinajstić information content (AvgIpc) is 2.76. The molecule has 0 radical (unpaired) electrons. The summed E-state index contributed by atoms with van der Waals surface area (Å²) >= 11 is 0. The summed E-state index contributed by atoms with van der Waals surface area (Å²) in [5.41, 5.74) is 2.13. The molecule has 2 aromatic rings. The van der Waals surface area contributed by atoms with Gasteiger partial charge in [-0.05, 0) is 57.0 Å². The highest BCUT2D eigenvalue weighted by Crippen LogP contribution is 2.21.